The zero-order chi connectivity index (χ0) is 19.6. The highest BCUT2D eigenvalue weighted by atomic mass is 16.5. The van der Waals surface area contributed by atoms with Gasteiger partial charge in [-0.05, 0) is 34.9 Å². The lowest BCUT2D eigenvalue weighted by molar-refractivity contribution is 0.0921. The molecule has 28 heavy (non-hydrogen) atoms. The summed E-state index contributed by atoms with van der Waals surface area (Å²) in [6.45, 7) is 4.06. The van der Waals surface area contributed by atoms with Gasteiger partial charge >= 0.3 is 0 Å². The third kappa shape index (κ3) is 2.18. The smallest absolute Gasteiger partial charge is 0.229 e. The van der Waals surface area contributed by atoms with Crippen LogP contribution in [0, 0.1) is 5.92 Å². The van der Waals surface area contributed by atoms with E-state index in [2.05, 4.69) is 0 Å². The molecule has 3 aromatic rings. The zero-order valence-corrected chi connectivity index (χ0v) is 15.5. The number of rotatable bonds is 1. The van der Waals surface area contributed by atoms with Gasteiger partial charge in [0.25, 0.3) is 0 Å². The van der Waals surface area contributed by atoms with E-state index in [9.17, 15) is 14.7 Å². The maximum Gasteiger partial charge on any atom is 0.229 e. The highest BCUT2D eigenvalue weighted by Crippen LogP contribution is 2.49. The van der Waals surface area contributed by atoms with Crippen LogP contribution in [0.1, 0.15) is 46.0 Å². The molecule has 4 heteroatoms. The van der Waals surface area contributed by atoms with E-state index in [-0.39, 0.29) is 34.9 Å². The van der Waals surface area contributed by atoms with Crippen molar-refractivity contribution in [2.75, 3.05) is 0 Å². The quantitative estimate of drug-likeness (QED) is 0.654. The van der Waals surface area contributed by atoms with Crippen LogP contribution in [0.15, 0.2) is 65.9 Å². The van der Waals surface area contributed by atoms with Gasteiger partial charge in [0.15, 0.2) is 11.5 Å². The second-order valence-corrected chi connectivity index (χ2v) is 7.65. The molecule has 2 aliphatic rings. The van der Waals surface area contributed by atoms with Crippen LogP contribution in [-0.4, -0.2) is 16.7 Å². The van der Waals surface area contributed by atoms with Gasteiger partial charge in [-0.25, -0.2) is 0 Å². The molecule has 1 atom stereocenters. The number of ether oxygens (including phenoxy) is 1. The van der Waals surface area contributed by atoms with Gasteiger partial charge in [0.2, 0.25) is 5.78 Å². The Morgan fingerprint density at radius 1 is 0.929 bits per heavy atom. The molecule has 3 aromatic carbocycles. The van der Waals surface area contributed by atoms with E-state index in [4.69, 9.17) is 4.74 Å². The van der Waals surface area contributed by atoms with Gasteiger partial charge in [-0.1, -0.05) is 50.2 Å². The van der Waals surface area contributed by atoms with Gasteiger partial charge in [-0.15, -0.1) is 0 Å². The molecule has 1 unspecified atom stereocenters. The summed E-state index contributed by atoms with van der Waals surface area (Å²) >= 11 is 0. The minimum Gasteiger partial charge on any atom is -0.508 e. The fraction of sp³-hybridized carbons (Fsp3) is 0.167. The van der Waals surface area contributed by atoms with Crippen molar-refractivity contribution in [1.82, 2.24) is 0 Å². The molecule has 0 fully saturated rings. The SMILES string of the molecule is CC(C)C1C2=C(Oc3ccc4ccc(O)cc4c31)C(=O)c1ccccc1C2=O. The number of fused-ring (bicyclic) bond motifs is 4. The number of carbonyl (C=O) groups is 2. The molecular weight excluding hydrogens is 352 g/mol. The summed E-state index contributed by atoms with van der Waals surface area (Å²) in [5.41, 5.74) is 2.08. The van der Waals surface area contributed by atoms with Crippen molar-refractivity contribution in [1.29, 1.82) is 0 Å². The highest BCUT2D eigenvalue weighted by molar-refractivity contribution is 6.27. The fourth-order valence-corrected chi connectivity index (χ4v) is 4.40. The molecule has 0 aromatic heterocycles. The van der Waals surface area contributed by atoms with E-state index >= 15 is 0 Å². The Hall–Kier alpha value is -3.40. The average Bonchev–Trinajstić information content (AvgIpc) is 2.70. The number of ketones is 2. The lowest BCUT2D eigenvalue weighted by atomic mass is 9.72. The minimum absolute atomic E-state index is 0.0580. The molecule has 0 spiro atoms. The highest BCUT2D eigenvalue weighted by Gasteiger charge is 2.43. The summed E-state index contributed by atoms with van der Waals surface area (Å²) in [6.07, 6.45) is 0. The number of aromatic hydroxyl groups is 1. The summed E-state index contributed by atoms with van der Waals surface area (Å²) in [4.78, 5) is 26.5. The second kappa shape index (κ2) is 5.80. The van der Waals surface area contributed by atoms with Gasteiger partial charge in [0, 0.05) is 22.6 Å². The van der Waals surface area contributed by atoms with Crippen molar-refractivity contribution in [3.63, 3.8) is 0 Å². The summed E-state index contributed by atoms with van der Waals surface area (Å²) in [5.74, 6) is 0.200. The maximum absolute atomic E-state index is 13.4. The lowest BCUT2D eigenvalue weighted by Gasteiger charge is -2.35. The molecule has 1 heterocycles. The largest absolute Gasteiger partial charge is 0.508 e. The van der Waals surface area contributed by atoms with Crippen LogP contribution in [0.5, 0.6) is 11.5 Å². The first kappa shape index (κ1) is 16.8. The number of allylic oxidation sites excluding steroid dienone is 2. The van der Waals surface area contributed by atoms with Gasteiger partial charge < -0.3 is 9.84 Å². The predicted octanol–water partition coefficient (Wildman–Crippen LogP) is 5.01. The van der Waals surface area contributed by atoms with Crippen LogP contribution < -0.4 is 4.74 Å². The van der Waals surface area contributed by atoms with Gasteiger partial charge in [0.1, 0.15) is 11.5 Å². The van der Waals surface area contributed by atoms with E-state index in [1.807, 2.05) is 32.0 Å². The molecule has 4 nitrogen and oxygen atoms in total. The van der Waals surface area contributed by atoms with Crippen LogP contribution in [-0.2, 0) is 0 Å². The number of hydrogen-bond donors (Lipinski definition) is 1. The summed E-state index contributed by atoms with van der Waals surface area (Å²) in [6, 6.07) is 15.8. The Morgan fingerprint density at radius 2 is 1.61 bits per heavy atom. The standard InChI is InChI=1S/C24H18O4/c1-12(2)19-20-17-11-14(25)9-7-13(17)8-10-18(20)28-24-21(19)22(26)15-5-3-4-6-16(15)23(24)27/h3-12,19,25H,1-2H3. The van der Waals surface area contributed by atoms with Crippen molar-refractivity contribution in [3.8, 4) is 11.5 Å². The van der Waals surface area contributed by atoms with Gasteiger partial charge in [0.05, 0.1) is 5.57 Å². The minimum atomic E-state index is -0.297. The third-order valence-corrected chi connectivity index (χ3v) is 5.62. The normalized spacial score (nSPS) is 18.0. The van der Waals surface area contributed by atoms with Crippen molar-refractivity contribution in [2.24, 2.45) is 5.92 Å². The number of benzene rings is 3. The molecule has 0 bridgehead atoms. The van der Waals surface area contributed by atoms with Gasteiger partial charge in [-0.3, -0.25) is 9.59 Å². The number of hydrogen-bond acceptors (Lipinski definition) is 4. The Morgan fingerprint density at radius 3 is 2.32 bits per heavy atom. The number of phenolic OH excluding ortho intramolecular Hbond substituents is 1. The Bertz CT molecular complexity index is 1220. The molecule has 1 aliphatic heterocycles. The topological polar surface area (TPSA) is 63.6 Å². The first-order valence-corrected chi connectivity index (χ1v) is 9.33. The van der Waals surface area contributed by atoms with E-state index < -0.39 is 0 Å². The molecule has 0 saturated heterocycles. The van der Waals surface area contributed by atoms with E-state index in [1.54, 1.807) is 36.4 Å². The van der Waals surface area contributed by atoms with Crippen molar-refractivity contribution in [3.05, 3.63) is 82.6 Å². The monoisotopic (exact) mass is 370 g/mol. The summed E-state index contributed by atoms with van der Waals surface area (Å²) < 4.78 is 6.03. The number of phenols is 1. The summed E-state index contributed by atoms with van der Waals surface area (Å²) in [7, 11) is 0. The Kier molecular flexibility index (Phi) is 3.47. The van der Waals surface area contributed by atoms with Crippen LogP contribution in [0.4, 0.5) is 0 Å². The molecule has 1 aliphatic carbocycles. The number of Topliss-reactive ketones (excluding diaryl/α,β-unsaturated/α-hetero) is 2. The first-order valence-electron chi connectivity index (χ1n) is 9.33. The molecule has 0 radical (unpaired) electrons. The maximum atomic E-state index is 13.4. The lowest BCUT2D eigenvalue weighted by Crippen LogP contribution is -2.32. The third-order valence-electron chi connectivity index (χ3n) is 5.62. The second-order valence-electron chi connectivity index (χ2n) is 7.65. The molecule has 0 saturated carbocycles. The number of carbonyl (C=O) groups excluding carboxylic acids is 2. The van der Waals surface area contributed by atoms with Crippen molar-refractivity contribution >= 4 is 22.3 Å². The summed E-state index contributed by atoms with van der Waals surface area (Å²) in [5, 5.41) is 11.8. The molecule has 5 rings (SSSR count). The van der Waals surface area contributed by atoms with Crippen LogP contribution in [0.2, 0.25) is 0 Å². The van der Waals surface area contributed by atoms with Crippen molar-refractivity contribution < 1.29 is 19.4 Å². The predicted molar refractivity (Wildman–Crippen MR) is 106 cm³/mol. The fourth-order valence-electron chi connectivity index (χ4n) is 4.40. The van der Waals surface area contributed by atoms with Crippen LogP contribution in [0.25, 0.3) is 10.8 Å². The van der Waals surface area contributed by atoms with Gasteiger partial charge in [-0.2, -0.15) is 0 Å². The Labute approximate surface area is 162 Å². The molecule has 1 N–H and O–H groups in total. The zero-order valence-electron chi connectivity index (χ0n) is 15.5. The van der Waals surface area contributed by atoms with Crippen molar-refractivity contribution in [2.45, 2.75) is 19.8 Å². The van der Waals surface area contributed by atoms with Crippen LogP contribution >= 0.6 is 0 Å². The molecular formula is C24H18O4. The molecule has 0 amide bonds. The Balaban J connectivity index is 1.82. The average molecular weight is 370 g/mol. The first-order chi connectivity index (χ1) is 13.5. The van der Waals surface area contributed by atoms with E-state index in [0.717, 1.165) is 16.3 Å². The van der Waals surface area contributed by atoms with E-state index in [1.165, 1.54) is 0 Å². The molecule has 138 valence electrons. The van der Waals surface area contributed by atoms with E-state index in [0.29, 0.717) is 22.4 Å². The van der Waals surface area contributed by atoms with Crippen LogP contribution in [0.3, 0.4) is 0 Å².